The Balaban J connectivity index is 4.22. The molecule has 0 aromatic carbocycles. The van der Waals surface area contributed by atoms with Gasteiger partial charge in [0, 0.05) is 0 Å². The summed E-state index contributed by atoms with van der Waals surface area (Å²) in [6.45, 7) is 10.3. The highest BCUT2D eigenvalue weighted by atomic mass is 28.4. The summed E-state index contributed by atoms with van der Waals surface area (Å²) in [5, 5.41) is 8.74. The Morgan fingerprint density at radius 2 is 1.71 bits per heavy atom. The van der Waals surface area contributed by atoms with E-state index in [9.17, 15) is 13.2 Å². The molecule has 0 aliphatic heterocycles. The molecule has 0 aromatic heterocycles. The maximum Gasteiger partial charge on any atom is 0.417 e. The van der Waals surface area contributed by atoms with Crippen LogP contribution in [0.5, 0.6) is 0 Å². The summed E-state index contributed by atoms with van der Waals surface area (Å²) in [6.07, 6.45) is -5.08. The number of alkyl halides is 3. The first-order valence-electron chi connectivity index (χ1n) is 5.43. The Morgan fingerprint density at radius 3 is 2.06 bits per heavy atom. The van der Waals surface area contributed by atoms with Gasteiger partial charge in [-0.3, -0.25) is 0 Å². The first-order chi connectivity index (χ1) is 7.38. The van der Waals surface area contributed by atoms with Crippen molar-refractivity contribution in [2.24, 2.45) is 0 Å². The normalized spacial score (nSPS) is 16.5. The molecule has 0 saturated heterocycles. The number of aliphatic hydroxyl groups is 1. The Bertz CT molecular complexity index is 267. The third kappa shape index (κ3) is 5.70. The van der Waals surface area contributed by atoms with E-state index in [-0.39, 0.29) is 11.6 Å². The predicted molar refractivity (Wildman–Crippen MR) is 64.4 cm³/mol. The van der Waals surface area contributed by atoms with Crippen molar-refractivity contribution in [2.75, 3.05) is 6.61 Å². The first-order valence-corrected chi connectivity index (χ1v) is 8.34. The van der Waals surface area contributed by atoms with Crippen molar-refractivity contribution in [1.82, 2.24) is 0 Å². The SMILES string of the molecule is CC(C)(C)[Si](C)(C)OC/C=C/C(O)C(F)(F)F. The highest BCUT2D eigenvalue weighted by molar-refractivity contribution is 6.74. The van der Waals surface area contributed by atoms with Gasteiger partial charge >= 0.3 is 6.18 Å². The molecular weight excluding hydrogens is 249 g/mol. The van der Waals surface area contributed by atoms with Crippen LogP contribution in [-0.2, 0) is 4.43 Å². The molecule has 0 fully saturated rings. The van der Waals surface area contributed by atoms with Gasteiger partial charge in [0.1, 0.15) is 0 Å². The van der Waals surface area contributed by atoms with Crippen LogP contribution in [0.1, 0.15) is 20.8 Å². The van der Waals surface area contributed by atoms with Crippen molar-refractivity contribution in [3.8, 4) is 0 Å². The summed E-state index contributed by atoms with van der Waals surface area (Å²) < 4.78 is 41.5. The van der Waals surface area contributed by atoms with Crippen LogP contribution in [0, 0.1) is 0 Å². The van der Waals surface area contributed by atoms with Crippen molar-refractivity contribution >= 4 is 8.32 Å². The molecule has 102 valence electrons. The van der Waals surface area contributed by atoms with Gasteiger partial charge in [-0.25, -0.2) is 0 Å². The monoisotopic (exact) mass is 270 g/mol. The second-order valence-electron chi connectivity index (χ2n) is 5.49. The van der Waals surface area contributed by atoms with E-state index < -0.39 is 20.6 Å². The number of hydrogen-bond acceptors (Lipinski definition) is 2. The first kappa shape index (κ1) is 16.7. The smallest absolute Gasteiger partial charge is 0.413 e. The maximum atomic E-state index is 12.0. The fourth-order valence-corrected chi connectivity index (χ4v) is 1.71. The van der Waals surface area contributed by atoms with Gasteiger partial charge in [0.2, 0.25) is 0 Å². The number of halogens is 3. The molecule has 0 radical (unpaired) electrons. The third-order valence-corrected chi connectivity index (χ3v) is 7.50. The van der Waals surface area contributed by atoms with E-state index in [0.717, 1.165) is 0 Å². The number of aliphatic hydroxyl groups excluding tert-OH is 1. The fraction of sp³-hybridized carbons (Fsp3) is 0.818. The second kappa shape index (κ2) is 5.54. The van der Waals surface area contributed by atoms with Crippen LogP contribution in [0.25, 0.3) is 0 Å². The summed E-state index contributed by atoms with van der Waals surface area (Å²) in [5.41, 5.74) is 0. The van der Waals surface area contributed by atoms with Gasteiger partial charge in [-0.05, 0) is 24.2 Å². The summed E-state index contributed by atoms with van der Waals surface area (Å²) in [7, 11) is -1.94. The molecule has 6 heteroatoms. The summed E-state index contributed by atoms with van der Waals surface area (Å²) >= 11 is 0. The van der Waals surface area contributed by atoms with Crippen LogP contribution >= 0.6 is 0 Å². The Morgan fingerprint density at radius 1 is 1.24 bits per heavy atom. The van der Waals surface area contributed by atoms with Crippen molar-refractivity contribution in [2.45, 2.75) is 51.2 Å². The fourth-order valence-electron chi connectivity index (χ4n) is 0.767. The van der Waals surface area contributed by atoms with Crippen LogP contribution in [-0.4, -0.2) is 32.3 Å². The topological polar surface area (TPSA) is 29.5 Å². The van der Waals surface area contributed by atoms with Gasteiger partial charge in [0.25, 0.3) is 0 Å². The number of rotatable bonds is 4. The van der Waals surface area contributed by atoms with E-state index in [1.807, 2.05) is 33.9 Å². The molecule has 0 aliphatic carbocycles. The minimum absolute atomic E-state index is 0.0173. The minimum atomic E-state index is -4.60. The molecule has 0 aromatic rings. The maximum absolute atomic E-state index is 12.0. The molecule has 17 heavy (non-hydrogen) atoms. The van der Waals surface area contributed by atoms with E-state index in [4.69, 9.17) is 9.53 Å². The average molecular weight is 270 g/mol. The molecule has 0 heterocycles. The van der Waals surface area contributed by atoms with Gasteiger partial charge in [-0.15, -0.1) is 0 Å². The van der Waals surface area contributed by atoms with Crippen molar-refractivity contribution in [3.63, 3.8) is 0 Å². The van der Waals surface area contributed by atoms with E-state index in [1.54, 1.807) is 0 Å². The molecule has 1 N–H and O–H groups in total. The lowest BCUT2D eigenvalue weighted by Gasteiger charge is -2.35. The van der Waals surface area contributed by atoms with Gasteiger partial charge in [0.05, 0.1) is 6.61 Å². The van der Waals surface area contributed by atoms with Crippen molar-refractivity contribution < 1.29 is 22.7 Å². The lowest BCUT2D eigenvalue weighted by atomic mass is 10.2. The van der Waals surface area contributed by atoms with Gasteiger partial charge in [-0.1, -0.05) is 26.8 Å². The summed E-state index contributed by atoms with van der Waals surface area (Å²) in [4.78, 5) is 0. The lowest BCUT2D eigenvalue weighted by Crippen LogP contribution is -2.40. The van der Waals surface area contributed by atoms with Crippen LogP contribution in [0.4, 0.5) is 13.2 Å². The molecule has 1 unspecified atom stereocenters. The van der Waals surface area contributed by atoms with E-state index in [0.29, 0.717) is 6.08 Å². The van der Waals surface area contributed by atoms with E-state index in [2.05, 4.69) is 0 Å². The third-order valence-electron chi connectivity index (χ3n) is 3.00. The van der Waals surface area contributed by atoms with Gasteiger partial charge in [-0.2, -0.15) is 13.2 Å². The quantitative estimate of drug-likeness (QED) is 0.626. The molecule has 0 saturated carbocycles. The second-order valence-corrected chi connectivity index (χ2v) is 10.3. The molecule has 0 bridgehead atoms. The van der Waals surface area contributed by atoms with Gasteiger partial charge < -0.3 is 9.53 Å². The van der Waals surface area contributed by atoms with Crippen molar-refractivity contribution in [3.05, 3.63) is 12.2 Å². The van der Waals surface area contributed by atoms with Crippen molar-refractivity contribution in [1.29, 1.82) is 0 Å². The van der Waals surface area contributed by atoms with E-state index >= 15 is 0 Å². The zero-order chi connectivity index (χ0) is 13.9. The Hall–Kier alpha value is -0.333. The molecule has 0 aliphatic rings. The van der Waals surface area contributed by atoms with Crippen LogP contribution < -0.4 is 0 Å². The lowest BCUT2D eigenvalue weighted by molar-refractivity contribution is -0.187. The molecule has 1 atom stereocenters. The van der Waals surface area contributed by atoms with E-state index in [1.165, 1.54) is 6.08 Å². The predicted octanol–water partition coefficient (Wildman–Crippen LogP) is 3.49. The van der Waals surface area contributed by atoms with Crippen LogP contribution in [0.15, 0.2) is 12.2 Å². The van der Waals surface area contributed by atoms with Crippen LogP contribution in [0.3, 0.4) is 0 Å². The van der Waals surface area contributed by atoms with Crippen LogP contribution in [0.2, 0.25) is 18.1 Å². The van der Waals surface area contributed by atoms with Gasteiger partial charge in [0.15, 0.2) is 14.4 Å². The highest BCUT2D eigenvalue weighted by Gasteiger charge is 2.37. The zero-order valence-electron chi connectivity index (χ0n) is 10.9. The largest absolute Gasteiger partial charge is 0.417 e. The molecule has 0 amide bonds. The Labute approximate surface area is 102 Å². The molecular formula is C11H21F3O2Si. The molecule has 0 spiro atoms. The zero-order valence-corrected chi connectivity index (χ0v) is 11.9. The summed E-state index contributed by atoms with van der Waals surface area (Å²) in [6, 6.07) is 0. The summed E-state index contributed by atoms with van der Waals surface area (Å²) in [5.74, 6) is 0. The molecule has 0 rings (SSSR count). The average Bonchev–Trinajstić information content (AvgIpc) is 2.08. The minimum Gasteiger partial charge on any atom is -0.413 e. The Kier molecular flexibility index (Phi) is 5.43. The standard InChI is InChI=1S/C11H21F3O2Si/c1-10(2,3)17(4,5)16-8-6-7-9(15)11(12,13)14/h6-7,9,15H,8H2,1-5H3/b7-6+. The number of hydrogen-bond donors (Lipinski definition) is 1. The molecule has 2 nitrogen and oxygen atoms in total. The highest BCUT2D eigenvalue weighted by Crippen LogP contribution is 2.36.